The van der Waals surface area contributed by atoms with Crippen molar-refractivity contribution in [3.8, 4) is 0 Å². The molecule has 3 rings (SSSR count). The van der Waals surface area contributed by atoms with E-state index < -0.39 is 0 Å². The maximum Gasteiger partial charge on any atom is 0.305 e. The Morgan fingerprint density at radius 1 is 1.17 bits per heavy atom. The summed E-state index contributed by atoms with van der Waals surface area (Å²) in [7, 11) is 0. The number of rotatable bonds is 4. The second-order valence-corrected chi connectivity index (χ2v) is 4.86. The Morgan fingerprint density at radius 3 is 2.71 bits per heavy atom. The first-order valence-corrected chi connectivity index (χ1v) is 7.00. The Labute approximate surface area is 143 Å². The quantitative estimate of drug-likeness (QED) is 0.346. The van der Waals surface area contributed by atoms with Crippen molar-refractivity contribution in [2.24, 2.45) is 5.10 Å². The number of para-hydroxylation sites is 1. The largest absolute Gasteiger partial charge is 1.00 e. The van der Waals surface area contributed by atoms with E-state index in [-0.39, 0.29) is 35.9 Å². The molecule has 1 N–H and O–H groups in total. The first-order valence-electron chi connectivity index (χ1n) is 7.00. The molecule has 6 nitrogen and oxygen atoms in total. The summed E-state index contributed by atoms with van der Waals surface area (Å²) in [6, 6.07) is 12.5. The fourth-order valence-corrected chi connectivity index (χ4v) is 2.10. The van der Waals surface area contributed by atoms with Gasteiger partial charge in [0, 0.05) is 12.1 Å². The lowest BCUT2D eigenvalue weighted by atomic mass is 10.2. The van der Waals surface area contributed by atoms with Crippen LogP contribution in [-0.4, -0.2) is 12.1 Å². The van der Waals surface area contributed by atoms with E-state index in [1.54, 1.807) is 41.2 Å². The standard InChI is InChI=1S/C17H13N3O3.ClH/c21-16(11-20-8-4-1-5-9-20)19-18-10-13-12-23-15-7-3-2-6-14(15)17(13)22;/h1-10,12H,11H2;1H/b18-10-;. The van der Waals surface area contributed by atoms with Crippen LogP contribution in [0, 0.1) is 0 Å². The minimum Gasteiger partial charge on any atom is -1.00 e. The molecule has 3 aromatic rings. The topological polar surface area (TPSA) is 75.5 Å². The minimum atomic E-state index is -0.289. The van der Waals surface area contributed by atoms with Gasteiger partial charge in [-0.3, -0.25) is 9.59 Å². The molecule has 2 heterocycles. The highest BCUT2D eigenvalue weighted by atomic mass is 35.5. The summed E-state index contributed by atoms with van der Waals surface area (Å²) < 4.78 is 7.09. The van der Waals surface area contributed by atoms with E-state index in [1.165, 1.54) is 12.5 Å². The molecule has 24 heavy (non-hydrogen) atoms. The Balaban J connectivity index is 0.00000208. The summed E-state index contributed by atoms with van der Waals surface area (Å²) in [4.78, 5) is 24.0. The number of hydrazone groups is 1. The van der Waals surface area contributed by atoms with Gasteiger partial charge in [0.15, 0.2) is 12.4 Å². The summed E-state index contributed by atoms with van der Waals surface area (Å²) in [5, 5.41) is 4.28. The highest BCUT2D eigenvalue weighted by molar-refractivity contribution is 5.86. The lowest BCUT2D eigenvalue weighted by Gasteiger charge is -1.98. The van der Waals surface area contributed by atoms with Crippen LogP contribution in [-0.2, 0) is 11.3 Å². The number of hydrogen-bond donors (Lipinski definition) is 1. The van der Waals surface area contributed by atoms with Gasteiger partial charge in [-0.2, -0.15) is 9.67 Å². The molecule has 0 aliphatic rings. The molecule has 0 spiro atoms. The van der Waals surface area contributed by atoms with Gasteiger partial charge in [-0.25, -0.2) is 5.43 Å². The Bertz CT molecular complexity index is 923. The normalized spacial score (nSPS) is 10.5. The van der Waals surface area contributed by atoms with Crippen LogP contribution in [0.2, 0.25) is 0 Å². The average molecular weight is 344 g/mol. The zero-order chi connectivity index (χ0) is 16.1. The zero-order valence-corrected chi connectivity index (χ0v) is 13.3. The summed E-state index contributed by atoms with van der Waals surface area (Å²) in [6.45, 7) is 0.143. The van der Waals surface area contributed by atoms with E-state index in [0.717, 1.165) is 0 Å². The summed E-state index contributed by atoms with van der Waals surface area (Å²) in [5.74, 6) is -0.289. The molecule has 0 fully saturated rings. The second kappa shape index (κ2) is 8.03. The van der Waals surface area contributed by atoms with Crippen LogP contribution in [0.3, 0.4) is 0 Å². The van der Waals surface area contributed by atoms with Crippen molar-refractivity contribution in [1.29, 1.82) is 0 Å². The summed E-state index contributed by atoms with van der Waals surface area (Å²) in [6.07, 6.45) is 6.17. The average Bonchev–Trinajstić information content (AvgIpc) is 2.58. The molecule has 0 atom stereocenters. The maximum atomic E-state index is 12.2. The van der Waals surface area contributed by atoms with E-state index in [2.05, 4.69) is 10.5 Å². The second-order valence-electron chi connectivity index (χ2n) is 4.86. The van der Waals surface area contributed by atoms with Gasteiger partial charge in [0.1, 0.15) is 11.8 Å². The Morgan fingerprint density at radius 2 is 1.92 bits per heavy atom. The molecule has 0 aliphatic carbocycles. The number of fused-ring (bicyclic) bond motifs is 1. The van der Waals surface area contributed by atoms with Crippen LogP contribution in [0.5, 0.6) is 0 Å². The molecule has 1 aromatic carbocycles. The fraction of sp³-hybridized carbons (Fsp3) is 0.0588. The summed E-state index contributed by atoms with van der Waals surface area (Å²) in [5.41, 5.74) is 2.98. The van der Waals surface area contributed by atoms with Gasteiger partial charge in [-0.15, -0.1) is 0 Å². The molecule has 1 amide bonds. The van der Waals surface area contributed by atoms with Crippen molar-refractivity contribution in [2.75, 3.05) is 0 Å². The van der Waals surface area contributed by atoms with E-state index in [1.807, 2.05) is 18.2 Å². The third-order valence-corrected chi connectivity index (χ3v) is 3.20. The molecular formula is C17H14ClN3O3. The van der Waals surface area contributed by atoms with Gasteiger partial charge in [0.05, 0.1) is 17.2 Å². The first-order chi connectivity index (χ1) is 11.2. The first kappa shape index (κ1) is 17.4. The van der Waals surface area contributed by atoms with Crippen LogP contribution in [0.15, 0.2) is 75.4 Å². The molecule has 0 saturated heterocycles. The molecule has 0 aliphatic heterocycles. The smallest absolute Gasteiger partial charge is 0.305 e. The van der Waals surface area contributed by atoms with Gasteiger partial charge >= 0.3 is 5.91 Å². The third kappa shape index (κ3) is 4.05. The van der Waals surface area contributed by atoms with Crippen LogP contribution in [0.25, 0.3) is 11.0 Å². The van der Waals surface area contributed by atoms with Gasteiger partial charge < -0.3 is 16.8 Å². The lowest BCUT2D eigenvalue weighted by Crippen LogP contribution is -3.00. The predicted molar refractivity (Wildman–Crippen MR) is 84.9 cm³/mol. The van der Waals surface area contributed by atoms with Crippen LogP contribution >= 0.6 is 0 Å². The number of benzene rings is 1. The number of carbonyl (C=O) groups is 1. The number of aromatic nitrogens is 1. The van der Waals surface area contributed by atoms with Gasteiger partial charge in [-0.1, -0.05) is 18.2 Å². The van der Waals surface area contributed by atoms with Crippen LogP contribution in [0.4, 0.5) is 0 Å². The molecule has 0 bridgehead atoms. The van der Waals surface area contributed by atoms with Crippen LogP contribution in [0.1, 0.15) is 5.56 Å². The number of halogens is 1. The number of hydrogen-bond acceptors (Lipinski definition) is 4. The predicted octanol–water partition coefficient (Wildman–Crippen LogP) is -1.77. The van der Waals surface area contributed by atoms with E-state index in [9.17, 15) is 9.59 Å². The van der Waals surface area contributed by atoms with Crippen molar-refractivity contribution in [1.82, 2.24) is 5.43 Å². The molecule has 0 radical (unpaired) electrons. The number of carbonyl (C=O) groups excluding carboxylic acids is 1. The Kier molecular flexibility index (Phi) is 5.81. The van der Waals surface area contributed by atoms with Crippen molar-refractivity contribution >= 4 is 23.1 Å². The third-order valence-electron chi connectivity index (χ3n) is 3.20. The van der Waals surface area contributed by atoms with Crippen molar-refractivity contribution < 1.29 is 26.2 Å². The maximum absolute atomic E-state index is 12.2. The zero-order valence-electron chi connectivity index (χ0n) is 12.6. The molecule has 7 heteroatoms. The van der Waals surface area contributed by atoms with Crippen LogP contribution < -0.4 is 27.8 Å². The molecule has 0 unspecified atom stereocenters. The van der Waals surface area contributed by atoms with E-state index in [0.29, 0.717) is 11.0 Å². The molecule has 0 saturated carbocycles. The minimum absolute atomic E-state index is 0. The molecule has 122 valence electrons. The molecule has 2 aromatic heterocycles. The van der Waals surface area contributed by atoms with Crippen molar-refractivity contribution in [3.63, 3.8) is 0 Å². The number of pyridine rings is 1. The number of amides is 1. The van der Waals surface area contributed by atoms with E-state index in [4.69, 9.17) is 4.42 Å². The Hall–Kier alpha value is -2.99. The van der Waals surface area contributed by atoms with Gasteiger partial charge in [0.25, 0.3) is 0 Å². The molecular weight excluding hydrogens is 330 g/mol. The van der Waals surface area contributed by atoms with Gasteiger partial charge in [0.2, 0.25) is 12.0 Å². The monoisotopic (exact) mass is 343 g/mol. The SMILES string of the molecule is O=C(C[n+]1ccccc1)N/N=C\c1coc2ccccc2c1=O.[Cl-]. The lowest BCUT2D eigenvalue weighted by molar-refractivity contribution is -0.684. The number of nitrogens with one attached hydrogen (secondary N) is 1. The van der Waals surface area contributed by atoms with E-state index >= 15 is 0 Å². The number of nitrogens with zero attached hydrogens (tertiary/aromatic N) is 2. The fourth-order valence-electron chi connectivity index (χ4n) is 2.10. The van der Waals surface area contributed by atoms with Crippen molar-refractivity contribution in [3.05, 3.63) is 76.9 Å². The highest BCUT2D eigenvalue weighted by Gasteiger charge is 2.07. The highest BCUT2D eigenvalue weighted by Crippen LogP contribution is 2.09. The summed E-state index contributed by atoms with van der Waals surface area (Å²) >= 11 is 0. The van der Waals surface area contributed by atoms with Gasteiger partial charge in [-0.05, 0) is 12.1 Å². The van der Waals surface area contributed by atoms with Crippen molar-refractivity contribution in [2.45, 2.75) is 6.54 Å².